The van der Waals surface area contributed by atoms with Gasteiger partial charge in [0.1, 0.15) is 24.1 Å². The number of nitrogen functional groups attached to an aromatic ring is 1. The van der Waals surface area contributed by atoms with E-state index >= 15 is 0 Å². The van der Waals surface area contributed by atoms with Gasteiger partial charge >= 0.3 is 0 Å². The average Bonchev–Trinajstić information content (AvgIpc) is 3.17. The number of imidazole rings is 1. The molecule has 5 atom stereocenters. The number of fused-ring (bicyclic) bond motifs is 1. The van der Waals surface area contributed by atoms with Gasteiger partial charge in [-0.15, -0.1) is 10.1 Å². The van der Waals surface area contributed by atoms with Crippen LogP contribution in [0.15, 0.2) is 12.7 Å². The van der Waals surface area contributed by atoms with E-state index in [4.69, 9.17) is 10.5 Å². The molecule has 2 aromatic rings. The van der Waals surface area contributed by atoms with Crippen LogP contribution in [0, 0.1) is 10.1 Å². The van der Waals surface area contributed by atoms with Crippen molar-refractivity contribution >= 4 is 22.9 Å². The highest BCUT2D eigenvalue weighted by Crippen LogP contribution is 2.35. The van der Waals surface area contributed by atoms with Crippen molar-refractivity contribution in [3.63, 3.8) is 0 Å². The Bertz CT molecular complexity index is 859. The molecule has 3 rings (SSSR count). The summed E-state index contributed by atoms with van der Waals surface area (Å²) in [5, 5.41) is 32.7. The maximum absolute atomic E-state index is 11.9. The molecule has 0 spiro atoms. The monoisotopic (exact) mass is 383 g/mol. The number of amides is 1. The van der Waals surface area contributed by atoms with Crippen molar-refractivity contribution in [1.29, 1.82) is 0 Å². The minimum absolute atomic E-state index is 0.0863. The van der Waals surface area contributed by atoms with Crippen LogP contribution < -0.4 is 11.1 Å². The van der Waals surface area contributed by atoms with E-state index in [1.54, 1.807) is 6.92 Å². The summed E-state index contributed by atoms with van der Waals surface area (Å²) in [5.74, 6) is -0.738. The van der Waals surface area contributed by atoms with E-state index in [0.29, 0.717) is 0 Å². The van der Waals surface area contributed by atoms with E-state index in [-0.39, 0.29) is 23.5 Å². The molecule has 0 bridgehead atoms. The number of nitrogens with two attached hydrogens (primary N) is 1. The Morgan fingerprint density at radius 3 is 2.96 bits per heavy atom. The Morgan fingerprint density at radius 1 is 1.56 bits per heavy atom. The number of aliphatic hydroxyl groups excluding tert-OH is 2. The molecule has 0 aromatic carbocycles. The lowest BCUT2D eigenvalue weighted by Crippen LogP contribution is -2.49. The van der Waals surface area contributed by atoms with Crippen LogP contribution in [-0.4, -0.2) is 71.7 Å². The largest absolute Gasteiger partial charge is 0.386 e. The van der Waals surface area contributed by atoms with Crippen molar-refractivity contribution in [2.75, 3.05) is 12.3 Å². The molecule has 0 saturated carbocycles. The molecule has 5 N–H and O–H groups in total. The summed E-state index contributed by atoms with van der Waals surface area (Å²) >= 11 is 0. The number of carbonyl (C=O) groups excluding carboxylic acids is 1. The van der Waals surface area contributed by atoms with Gasteiger partial charge in [0.05, 0.1) is 6.33 Å². The minimum Gasteiger partial charge on any atom is -0.386 e. The number of aromatic nitrogens is 4. The summed E-state index contributed by atoms with van der Waals surface area (Å²) in [6, 6.07) is 0. The van der Waals surface area contributed by atoms with E-state index in [0.717, 1.165) is 0 Å². The van der Waals surface area contributed by atoms with Crippen LogP contribution in [-0.2, 0) is 14.4 Å². The molecule has 0 aliphatic carbocycles. The van der Waals surface area contributed by atoms with Gasteiger partial charge in [-0.25, -0.2) is 15.0 Å². The summed E-state index contributed by atoms with van der Waals surface area (Å²) in [7, 11) is 0. The molecule has 1 amide bonds. The molecule has 14 heteroatoms. The average molecular weight is 383 g/mol. The predicted octanol–water partition coefficient (Wildman–Crippen LogP) is -2.26. The number of aliphatic hydroxyl groups is 2. The van der Waals surface area contributed by atoms with E-state index in [9.17, 15) is 25.1 Å². The zero-order chi connectivity index (χ0) is 19.7. The van der Waals surface area contributed by atoms with Crippen molar-refractivity contribution in [3.05, 3.63) is 22.8 Å². The third-order valence-electron chi connectivity index (χ3n) is 4.05. The second-order valence-corrected chi connectivity index (χ2v) is 5.70. The highest BCUT2D eigenvalue weighted by atomic mass is 17.0. The Morgan fingerprint density at radius 2 is 2.30 bits per heavy atom. The first kappa shape index (κ1) is 18.7. The van der Waals surface area contributed by atoms with Gasteiger partial charge in [-0.1, -0.05) is 0 Å². The number of hydrogen-bond acceptors (Lipinski definition) is 11. The first-order valence-electron chi connectivity index (χ1n) is 7.88. The van der Waals surface area contributed by atoms with Crippen LogP contribution in [0.4, 0.5) is 5.82 Å². The van der Waals surface area contributed by atoms with Gasteiger partial charge in [-0.3, -0.25) is 9.36 Å². The van der Waals surface area contributed by atoms with Crippen LogP contribution >= 0.6 is 0 Å². The molecule has 1 aliphatic rings. The molecule has 1 aliphatic heterocycles. The summed E-state index contributed by atoms with van der Waals surface area (Å²) in [5.41, 5.74) is 6.13. The van der Waals surface area contributed by atoms with E-state index < -0.39 is 41.6 Å². The van der Waals surface area contributed by atoms with Gasteiger partial charge in [-0.2, -0.15) is 0 Å². The summed E-state index contributed by atoms with van der Waals surface area (Å²) in [6.45, 7) is 1.85. The molecule has 3 heterocycles. The quantitative estimate of drug-likeness (QED) is 0.310. The molecule has 27 heavy (non-hydrogen) atoms. The van der Waals surface area contributed by atoms with Crippen molar-refractivity contribution in [3.8, 4) is 0 Å². The molecular formula is C13H17N7O7. The molecule has 146 valence electrons. The fourth-order valence-electron chi connectivity index (χ4n) is 2.87. The number of likely N-dealkylation sites (N-methyl/N-ethyl adjacent to an activating group) is 1. The number of hydrogen-bond donors (Lipinski definition) is 4. The number of rotatable bonds is 6. The van der Waals surface area contributed by atoms with Gasteiger partial charge in [-0.05, 0) is 6.92 Å². The predicted molar refractivity (Wildman–Crippen MR) is 86.2 cm³/mol. The van der Waals surface area contributed by atoms with Crippen LogP contribution in [0.2, 0.25) is 0 Å². The van der Waals surface area contributed by atoms with Crippen molar-refractivity contribution in [1.82, 2.24) is 24.8 Å². The fraction of sp³-hybridized carbons (Fsp3) is 0.538. The van der Waals surface area contributed by atoms with Gasteiger partial charge < -0.3 is 30.8 Å². The fourth-order valence-corrected chi connectivity index (χ4v) is 2.87. The van der Waals surface area contributed by atoms with Crippen molar-refractivity contribution in [2.45, 2.75) is 37.6 Å². The van der Waals surface area contributed by atoms with Crippen molar-refractivity contribution < 1.29 is 29.7 Å². The first-order valence-corrected chi connectivity index (χ1v) is 7.88. The number of nitrogens with zero attached hydrogens (tertiary/aromatic N) is 5. The first-order chi connectivity index (χ1) is 12.8. The highest BCUT2D eigenvalue weighted by molar-refractivity contribution is 5.82. The third-order valence-corrected chi connectivity index (χ3v) is 4.05. The van der Waals surface area contributed by atoms with Crippen LogP contribution in [0.5, 0.6) is 0 Å². The zero-order valence-electron chi connectivity index (χ0n) is 14.0. The van der Waals surface area contributed by atoms with E-state index in [2.05, 4.69) is 25.1 Å². The topological polar surface area (TPSA) is 201 Å². The molecule has 1 unspecified atom stereocenters. The zero-order valence-corrected chi connectivity index (χ0v) is 14.0. The lowest BCUT2D eigenvalue weighted by Gasteiger charge is -2.21. The van der Waals surface area contributed by atoms with Gasteiger partial charge in [0, 0.05) is 6.54 Å². The molecule has 14 nitrogen and oxygen atoms in total. The molecule has 1 fully saturated rings. The number of ether oxygens (including phenoxy) is 1. The Hall–Kier alpha value is -3.10. The van der Waals surface area contributed by atoms with E-state index in [1.165, 1.54) is 17.2 Å². The summed E-state index contributed by atoms with van der Waals surface area (Å²) in [6.07, 6.45) is -5.43. The normalized spacial score (nSPS) is 26.0. The Balaban J connectivity index is 1.96. The van der Waals surface area contributed by atoms with Crippen LogP contribution in [0.25, 0.3) is 11.2 Å². The smallest absolute Gasteiger partial charge is 0.294 e. The van der Waals surface area contributed by atoms with Gasteiger partial charge in [0.15, 0.2) is 29.9 Å². The van der Waals surface area contributed by atoms with Gasteiger partial charge in [0.2, 0.25) is 0 Å². The third kappa shape index (κ3) is 3.32. The number of carbonyl (C=O) groups is 1. The minimum atomic E-state index is -1.82. The standard InChI is InChI=1S/C13H17N7O7/c1-2-15-12(23)6(21)8-9(27-20(24)25)7(22)13(26-8)19-4-18-5-10(14)16-3-17-11(5)19/h3-4,6-9,13,21-22H,2H2,1H3,(H,15,23)(H2,14,16,17)/t6?,7-,8-,9+,13-/m1/s1. The molecule has 2 aromatic heterocycles. The van der Waals surface area contributed by atoms with Gasteiger partial charge in [0.25, 0.3) is 11.0 Å². The number of nitrogens with one attached hydrogen (secondary N) is 1. The van der Waals surface area contributed by atoms with Crippen molar-refractivity contribution in [2.24, 2.45) is 0 Å². The van der Waals surface area contributed by atoms with Crippen LogP contribution in [0.3, 0.4) is 0 Å². The lowest BCUT2D eigenvalue weighted by molar-refractivity contribution is -0.771. The second-order valence-electron chi connectivity index (χ2n) is 5.70. The highest BCUT2D eigenvalue weighted by Gasteiger charge is 2.52. The lowest BCUT2D eigenvalue weighted by atomic mass is 10.0. The molecule has 1 saturated heterocycles. The second kappa shape index (κ2) is 7.26. The van der Waals surface area contributed by atoms with Crippen LogP contribution in [0.1, 0.15) is 13.2 Å². The maximum atomic E-state index is 11.9. The Kier molecular flexibility index (Phi) is 5.02. The summed E-state index contributed by atoms with van der Waals surface area (Å²) < 4.78 is 6.80. The molecule has 0 radical (unpaired) electrons. The maximum Gasteiger partial charge on any atom is 0.294 e. The van der Waals surface area contributed by atoms with E-state index in [1.807, 2.05) is 0 Å². The molecular weight excluding hydrogens is 366 g/mol. The number of anilines is 1. The summed E-state index contributed by atoms with van der Waals surface area (Å²) in [4.78, 5) is 39.0. The Labute approximate surface area is 151 Å². The SMILES string of the molecule is CCNC(=O)C(O)[C@H]1O[C@@H](n2cnc3c(N)ncnc32)[C@H](O)[C@@H]1O[N+](=O)[O-].